The first-order chi connectivity index (χ1) is 13.3. The van der Waals surface area contributed by atoms with E-state index in [2.05, 4.69) is 27.3 Å². The molecule has 4 rings (SSSR count). The van der Waals surface area contributed by atoms with Crippen molar-refractivity contribution in [3.8, 4) is 0 Å². The third-order valence-electron chi connectivity index (χ3n) is 4.90. The maximum atomic E-state index is 12.4. The zero-order valence-corrected chi connectivity index (χ0v) is 16.4. The molecule has 1 amide bonds. The number of piperazine rings is 1. The number of halogens is 1. The van der Waals surface area contributed by atoms with E-state index in [0.717, 1.165) is 31.1 Å². The van der Waals surface area contributed by atoms with Gasteiger partial charge in [0.25, 0.3) is 5.91 Å². The Kier molecular flexibility index (Phi) is 6.48. The van der Waals surface area contributed by atoms with Gasteiger partial charge in [-0.3, -0.25) is 9.69 Å². The summed E-state index contributed by atoms with van der Waals surface area (Å²) in [5.41, 5.74) is 0. The lowest BCUT2D eigenvalue weighted by molar-refractivity contribution is 0.0521. The summed E-state index contributed by atoms with van der Waals surface area (Å²) in [4.78, 5) is 16.6. The molecular weight excluding hydrogens is 384 g/mol. The molecular formula is C18H23ClN6O3. The fourth-order valence-electron chi connectivity index (χ4n) is 3.51. The molecule has 0 bridgehead atoms. The van der Waals surface area contributed by atoms with Crippen molar-refractivity contribution >= 4 is 18.3 Å². The molecule has 0 saturated carbocycles. The average Bonchev–Trinajstić information content (AvgIpc) is 3.46. The van der Waals surface area contributed by atoms with Crippen LogP contribution in [-0.2, 0) is 6.54 Å². The lowest BCUT2D eigenvalue weighted by atomic mass is 10.1. The molecule has 1 atom stereocenters. The van der Waals surface area contributed by atoms with Crippen LogP contribution in [0.5, 0.6) is 0 Å². The van der Waals surface area contributed by atoms with E-state index in [0.29, 0.717) is 25.4 Å². The Bertz CT molecular complexity index is 856. The minimum atomic E-state index is -0.0599. The number of nitrogens with zero attached hydrogens (tertiary/aromatic N) is 6. The van der Waals surface area contributed by atoms with Gasteiger partial charge in [0.1, 0.15) is 12.3 Å². The molecule has 10 heteroatoms. The van der Waals surface area contributed by atoms with Crippen LogP contribution in [0.3, 0.4) is 0 Å². The third kappa shape index (κ3) is 4.10. The van der Waals surface area contributed by atoms with E-state index in [1.54, 1.807) is 23.1 Å². The molecule has 3 aromatic heterocycles. The van der Waals surface area contributed by atoms with Crippen molar-refractivity contribution in [2.24, 2.45) is 0 Å². The molecule has 1 aliphatic heterocycles. The maximum Gasteiger partial charge on any atom is 0.289 e. The summed E-state index contributed by atoms with van der Waals surface area (Å²) in [6.45, 7) is 5.45. The van der Waals surface area contributed by atoms with Crippen LogP contribution >= 0.6 is 12.4 Å². The number of aromatic nitrogens is 4. The molecule has 150 valence electrons. The number of carbonyl (C=O) groups is 1. The molecule has 1 fully saturated rings. The zero-order valence-electron chi connectivity index (χ0n) is 15.6. The number of hydrogen-bond acceptors (Lipinski definition) is 7. The highest BCUT2D eigenvalue weighted by atomic mass is 35.5. The number of furan rings is 2. The minimum Gasteiger partial charge on any atom is -0.467 e. The van der Waals surface area contributed by atoms with E-state index in [1.165, 1.54) is 6.26 Å². The molecule has 1 unspecified atom stereocenters. The lowest BCUT2D eigenvalue weighted by Crippen LogP contribution is -2.50. The fourth-order valence-corrected chi connectivity index (χ4v) is 3.51. The molecule has 1 aliphatic rings. The summed E-state index contributed by atoms with van der Waals surface area (Å²) >= 11 is 0. The predicted octanol–water partition coefficient (Wildman–Crippen LogP) is 2.24. The Morgan fingerprint density at radius 2 is 1.89 bits per heavy atom. The van der Waals surface area contributed by atoms with Gasteiger partial charge >= 0.3 is 0 Å². The van der Waals surface area contributed by atoms with Crippen LogP contribution in [0, 0.1) is 0 Å². The first kappa shape index (κ1) is 20.1. The van der Waals surface area contributed by atoms with Crippen LogP contribution in [-0.4, -0.2) is 62.1 Å². The summed E-state index contributed by atoms with van der Waals surface area (Å²) in [6, 6.07) is 7.29. The Morgan fingerprint density at radius 3 is 2.54 bits per heavy atom. The van der Waals surface area contributed by atoms with E-state index in [1.807, 2.05) is 17.0 Å². The molecule has 3 aromatic rings. The van der Waals surface area contributed by atoms with Crippen LogP contribution in [0.15, 0.2) is 45.6 Å². The highest BCUT2D eigenvalue weighted by Crippen LogP contribution is 2.24. The summed E-state index contributed by atoms with van der Waals surface area (Å²) in [6.07, 6.45) is 4.05. The minimum absolute atomic E-state index is 0. The maximum absolute atomic E-state index is 12.4. The van der Waals surface area contributed by atoms with Crippen LogP contribution in [0.1, 0.15) is 41.5 Å². The second-order valence-electron chi connectivity index (χ2n) is 6.50. The monoisotopic (exact) mass is 406 g/mol. The first-order valence-corrected chi connectivity index (χ1v) is 9.11. The largest absolute Gasteiger partial charge is 0.467 e. The van der Waals surface area contributed by atoms with Crippen molar-refractivity contribution in [1.82, 2.24) is 30.0 Å². The summed E-state index contributed by atoms with van der Waals surface area (Å²) < 4.78 is 12.4. The number of amides is 1. The molecule has 0 N–H and O–H groups in total. The summed E-state index contributed by atoms with van der Waals surface area (Å²) in [5, 5.41) is 12.2. The van der Waals surface area contributed by atoms with E-state index in [4.69, 9.17) is 8.83 Å². The highest BCUT2D eigenvalue weighted by molar-refractivity contribution is 5.91. The van der Waals surface area contributed by atoms with Crippen molar-refractivity contribution in [2.45, 2.75) is 25.9 Å². The van der Waals surface area contributed by atoms with Gasteiger partial charge in [-0.2, -0.15) is 0 Å². The lowest BCUT2D eigenvalue weighted by Gasteiger charge is -2.38. The normalized spacial score (nSPS) is 16.0. The SMILES string of the molecule is CCC(c1nnnn1Cc1ccco1)N1CCN(C(=O)c2ccco2)CC1.Cl. The molecule has 9 nitrogen and oxygen atoms in total. The van der Waals surface area contributed by atoms with Crippen LogP contribution in [0.25, 0.3) is 0 Å². The average molecular weight is 407 g/mol. The highest BCUT2D eigenvalue weighted by Gasteiger charge is 2.30. The Hall–Kier alpha value is -2.65. The van der Waals surface area contributed by atoms with Gasteiger partial charge in [-0.15, -0.1) is 17.5 Å². The van der Waals surface area contributed by atoms with E-state index < -0.39 is 0 Å². The van der Waals surface area contributed by atoms with Crippen LogP contribution < -0.4 is 0 Å². The topological polar surface area (TPSA) is 93.4 Å². The van der Waals surface area contributed by atoms with E-state index in [9.17, 15) is 4.79 Å². The van der Waals surface area contributed by atoms with Gasteiger partial charge in [0.05, 0.1) is 18.6 Å². The van der Waals surface area contributed by atoms with E-state index in [-0.39, 0.29) is 24.4 Å². The fraction of sp³-hybridized carbons (Fsp3) is 0.444. The Morgan fingerprint density at radius 1 is 1.14 bits per heavy atom. The Labute approximate surface area is 168 Å². The third-order valence-corrected chi connectivity index (χ3v) is 4.90. The summed E-state index contributed by atoms with van der Waals surface area (Å²) in [5.74, 6) is 1.96. The number of tetrazole rings is 1. The van der Waals surface area contributed by atoms with Crippen molar-refractivity contribution in [3.63, 3.8) is 0 Å². The smallest absolute Gasteiger partial charge is 0.289 e. The number of rotatable bonds is 6. The molecule has 1 saturated heterocycles. The summed E-state index contributed by atoms with van der Waals surface area (Å²) in [7, 11) is 0. The van der Waals surface area contributed by atoms with Gasteiger partial charge in [0, 0.05) is 26.2 Å². The second kappa shape index (κ2) is 9.03. The van der Waals surface area contributed by atoms with Crippen LogP contribution in [0.4, 0.5) is 0 Å². The van der Waals surface area contributed by atoms with Crippen molar-refractivity contribution in [1.29, 1.82) is 0 Å². The van der Waals surface area contributed by atoms with Gasteiger partial charge in [0.2, 0.25) is 0 Å². The van der Waals surface area contributed by atoms with Gasteiger partial charge < -0.3 is 13.7 Å². The second-order valence-corrected chi connectivity index (χ2v) is 6.50. The number of hydrogen-bond donors (Lipinski definition) is 0. The molecule has 0 radical (unpaired) electrons. The quantitative estimate of drug-likeness (QED) is 0.619. The first-order valence-electron chi connectivity index (χ1n) is 9.11. The Balaban J connectivity index is 0.00000225. The molecule has 4 heterocycles. The molecule has 0 aromatic carbocycles. The van der Waals surface area contributed by atoms with Crippen molar-refractivity contribution < 1.29 is 13.6 Å². The van der Waals surface area contributed by atoms with Gasteiger partial charge in [-0.05, 0) is 41.1 Å². The number of carbonyl (C=O) groups excluding carboxylic acids is 1. The van der Waals surface area contributed by atoms with Crippen molar-refractivity contribution in [3.05, 3.63) is 54.1 Å². The van der Waals surface area contributed by atoms with Crippen LogP contribution in [0.2, 0.25) is 0 Å². The zero-order chi connectivity index (χ0) is 18.6. The van der Waals surface area contributed by atoms with E-state index >= 15 is 0 Å². The van der Waals surface area contributed by atoms with Gasteiger partial charge in [0.15, 0.2) is 11.6 Å². The standard InChI is InChI=1S/C18H22N6O3.ClH/c1-2-15(17-19-20-21-24(17)13-14-5-3-11-26-14)22-7-9-23(10-8-22)18(25)16-6-4-12-27-16;/h3-6,11-12,15H,2,7-10,13H2,1H3;1H. The molecule has 0 aliphatic carbocycles. The molecule has 28 heavy (non-hydrogen) atoms. The molecule has 0 spiro atoms. The van der Waals surface area contributed by atoms with Crippen molar-refractivity contribution in [2.75, 3.05) is 26.2 Å². The predicted molar refractivity (Wildman–Crippen MR) is 102 cm³/mol. The van der Waals surface area contributed by atoms with Gasteiger partial charge in [-0.1, -0.05) is 6.92 Å². The van der Waals surface area contributed by atoms with Gasteiger partial charge in [-0.25, -0.2) is 4.68 Å².